The fourth-order valence-corrected chi connectivity index (χ4v) is 2.15. The predicted octanol–water partition coefficient (Wildman–Crippen LogP) is 1.98. The number of aromatic nitrogens is 2. The molecule has 0 bridgehead atoms. The first kappa shape index (κ1) is 13.8. The zero-order chi connectivity index (χ0) is 13.5. The average Bonchev–Trinajstić information content (AvgIpc) is 2.93. The molecule has 0 saturated carbocycles. The van der Waals surface area contributed by atoms with Gasteiger partial charge in [0.15, 0.2) is 0 Å². The second-order valence-corrected chi connectivity index (χ2v) is 4.66. The Morgan fingerprint density at radius 3 is 2.68 bits per heavy atom. The van der Waals surface area contributed by atoms with Crippen LogP contribution in [0.15, 0.2) is 48.8 Å². The van der Waals surface area contributed by atoms with E-state index in [-0.39, 0.29) is 6.04 Å². The third kappa shape index (κ3) is 4.19. The van der Waals surface area contributed by atoms with Gasteiger partial charge in [-0.3, -0.25) is 4.68 Å². The number of aliphatic hydroxyl groups excluding tert-OH is 1. The van der Waals surface area contributed by atoms with Crippen molar-refractivity contribution >= 4 is 0 Å². The highest BCUT2D eigenvalue weighted by atomic mass is 16.3. The Kier molecular flexibility index (Phi) is 5.12. The summed E-state index contributed by atoms with van der Waals surface area (Å²) in [5, 5.41) is 17.5. The van der Waals surface area contributed by atoms with Crippen LogP contribution in [-0.2, 0) is 6.54 Å². The first-order valence-corrected chi connectivity index (χ1v) is 6.73. The van der Waals surface area contributed by atoms with Crippen LogP contribution in [0.3, 0.4) is 0 Å². The van der Waals surface area contributed by atoms with E-state index in [0.29, 0.717) is 13.1 Å². The average molecular weight is 259 g/mol. The lowest BCUT2D eigenvalue weighted by atomic mass is 10.0. The van der Waals surface area contributed by atoms with Crippen LogP contribution in [0.1, 0.15) is 24.9 Å². The van der Waals surface area contributed by atoms with Crippen molar-refractivity contribution in [2.24, 2.45) is 0 Å². The molecule has 0 radical (unpaired) electrons. The van der Waals surface area contributed by atoms with E-state index in [1.165, 1.54) is 5.56 Å². The first-order valence-electron chi connectivity index (χ1n) is 6.73. The fraction of sp³-hybridized carbons (Fsp3) is 0.400. The lowest BCUT2D eigenvalue weighted by molar-refractivity contribution is 0.142. The van der Waals surface area contributed by atoms with Crippen molar-refractivity contribution in [3.8, 4) is 0 Å². The molecule has 4 heteroatoms. The lowest BCUT2D eigenvalue weighted by Crippen LogP contribution is -2.33. The van der Waals surface area contributed by atoms with Gasteiger partial charge in [-0.15, -0.1) is 0 Å². The zero-order valence-electron chi connectivity index (χ0n) is 11.2. The number of benzene rings is 1. The Morgan fingerprint density at radius 2 is 2.05 bits per heavy atom. The molecule has 4 nitrogen and oxygen atoms in total. The van der Waals surface area contributed by atoms with E-state index in [0.717, 1.165) is 6.42 Å². The summed E-state index contributed by atoms with van der Waals surface area (Å²) in [4.78, 5) is 0. The molecule has 2 unspecified atom stereocenters. The molecule has 2 rings (SSSR count). The first-order chi connectivity index (χ1) is 9.29. The van der Waals surface area contributed by atoms with Crippen LogP contribution in [0, 0.1) is 0 Å². The normalized spacial score (nSPS) is 14.2. The molecule has 1 aromatic carbocycles. The fourth-order valence-electron chi connectivity index (χ4n) is 2.15. The molecule has 102 valence electrons. The lowest BCUT2D eigenvalue weighted by Gasteiger charge is -2.20. The van der Waals surface area contributed by atoms with Gasteiger partial charge in [0.1, 0.15) is 0 Å². The summed E-state index contributed by atoms with van der Waals surface area (Å²) in [7, 11) is 0. The summed E-state index contributed by atoms with van der Waals surface area (Å²) in [5.41, 5.74) is 1.26. The summed E-state index contributed by atoms with van der Waals surface area (Å²) < 4.78 is 1.75. The largest absolute Gasteiger partial charge is 0.390 e. The van der Waals surface area contributed by atoms with Crippen LogP contribution in [0.25, 0.3) is 0 Å². The molecule has 0 fully saturated rings. The van der Waals surface area contributed by atoms with Crippen LogP contribution < -0.4 is 5.32 Å². The number of aliphatic hydroxyl groups is 1. The van der Waals surface area contributed by atoms with Crippen molar-refractivity contribution in [3.05, 3.63) is 54.4 Å². The molecular formula is C15H21N3O. The van der Waals surface area contributed by atoms with Crippen molar-refractivity contribution in [1.82, 2.24) is 15.1 Å². The number of hydrogen-bond donors (Lipinski definition) is 2. The molecule has 2 atom stereocenters. The van der Waals surface area contributed by atoms with Gasteiger partial charge in [0.2, 0.25) is 0 Å². The van der Waals surface area contributed by atoms with Gasteiger partial charge < -0.3 is 10.4 Å². The zero-order valence-corrected chi connectivity index (χ0v) is 11.2. The van der Waals surface area contributed by atoms with Gasteiger partial charge >= 0.3 is 0 Å². The number of nitrogens with one attached hydrogen (secondary N) is 1. The molecule has 0 amide bonds. The maximum Gasteiger partial charge on any atom is 0.0860 e. The summed E-state index contributed by atoms with van der Waals surface area (Å²) in [5.74, 6) is 0. The molecule has 0 aliphatic rings. The van der Waals surface area contributed by atoms with Crippen molar-refractivity contribution in [1.29, 1.82) is 0 Å². The predicted molar refractivity (Wildman–Crippen MR) is 75.7 cm³/mol. The topological polar surface area (TPSA) is 50.1 Å². The van der Waals surface area contributed by atoms with Crippen molar-refractivity contribution in [2.75, 3.05) is 6.54 Å². The van der Waals surface area contributed by atoms with Gasteiger partial charge in [0, 0.05) is 25.0 Å². The smallest absolute Gasteiger partial charge is 0.0860 e. The summed E-state index contributed by atoms with van der Waals surface area (Å²) in [6.45, 7) is 3.23. The molecule has 19 heavy (non-hydrogen) atoms. The van der Waals surface area contributed by atoms with Crippen LogP contribution in [0.4, 0.5) is 0 Å². The van der Waals surface area contributed by atoms with Crippen molar-refractivity contribution in [3.63, 3.8) is 0 Å². The highest BCUT2D eigenvalue weighted by Crippen LogP contribution is 2.15. The highest BCUT2D eigenvalue weighted by molar-refractivity contribution is 5.18. The number of hydrogen-bond acceptors (Lipinski definition) is 3. The van der Waals surface area contributed by atoms with Gasteiger partial charge in [-0.1, -0.05) is 37.3 Å². The Bertz CT molecular complexity index is 456. The second kappa shape index (κ2) is 7.07. The summed E-state index contributed by atoms with van der Waals surface area (Å²) in [6.07, 6.45) is 4.15. The minimum Gasteiger partial charge on any atom is -0.390 e. The minimum absolute atomic E-state index is 0.286. The second-order valence-electron chi connectivity index (χ2n) is 4.66. The maximum absolute atomic E-state index is 9.99. The van der Waals surface area contributed by atoms with Crippen molar-refractivity contribution in [2.45, 2.75) is 32.0 Å². The molecule has 1 aromatic heterocycles. The van der Waals surface area contributed by atoms with Gasteiger partial charge in [-0.05, 0) is 18.1 Å². The minimum atomic E-state index is -0.433. The quantitative estimate of drug-likeness (QED) is 0.799. The van der Waals surface area contributed by atoms with Crippen LogP contribution in [-0.4, -0.2) is 27.5 Å². The van der Waals surface area contributed by atoms with Crippen molar-refractivity contribution < 1.29 is 5.11 Å². The monoisotopic (exact) mass is 259 g/mol. The van der Waals surface area contributed by atoms with Gasteiger partial charge in [0.25, 0.3) is 0 Å². The number of rotatable bonds is 7. The van der Waals surface area contributed by atoms with Gasteiger partial charge in [-0.25, -0.2) is 0 Å². The van der Waals surface area contributed by atoms with Crippen LogP contribution in [0.2, 0.25) is 0 Å². The maximum atomic E-state index is 9.99. The molecule has 2 aromatic rings. The molecule has 0 aliphatic heterocycles. The van der Waals surface area contributed by atoms with E-state index in [1.54, 1.807) is 10.9 Å². The van der Waals surface area contributed by atoms with Gasteiger partial charge in [0.05, 0.1) is 12.6 Å². The Labute approximate surface area is 114 Å². The molecule has 2 N–H and O–H groups in total. The summed E-state index contributed by atoms with van der Waals surface area (Å²) in [6, 6.07) is 12.5. The van der Waals surface area contributed by atoms with Crippen LogP contribution >= 0.6 is 0 Å². The van der Waals surface area contributed by atoms with Gasteiger partial charge in [-0.2, -0.15) is 5.10 Å². The Morgan fingerprint density at radius 1 is 1.26 bits per heavy atom. The third-order valence-corrected chi connectivity index (χ3v) is 3.17. The molecular weight excluding hydrogens is 238 g/mol. The number of nitrogens with zero attached hydrogens (tertiary/aromatic N) is 2. The van der Waals surface area contributed by atoms with E-state index in [9.17, 15) is 5.11 Å². The Hall–Kier alpha value is -1.65. The SMILES string of the molecule is CCC(NCC(O)Cn1cccn1)c1ccccc1. The Balaban J connectivity index is 1.83. The molecule has 0 saturated heterocycles. The molecule has 0 spiro atoms. The van der Waals surface area contributed by atoms with E-state index in [4.69, 9.17) is 0 Å². The highest BCUT2D eigenvalue weighted by Gasteiger charge is 2.11. The standard InChI is InChI=1S/C15H21N3O/c1-2-15(13-7-4-3-5-8-13)16-11-14(19)12-18-10-6-9-17-18/h3-10,14-16,19H,2,11-12H2,1H3. The van der Waals surface area contributed by atoms with E-state index in [1.807, 2.05) is 30.5 Å². The molecule has 0 aliphatic carbocycles. The van der Waals surface area contributed by atoms with Crippen LogP contribution in [0.5, 0.6) is 0 Å². The third-order valence-electron chi connectivity index (χ3n) is 3.17. The molecule has 1 heterocycles. The summed E-state index contributed by atoms with van der Waals surface area (Å²) >= 11 is 0. The van der Waals surface area contributed by atoms with E-state index < -0.39 is 6.10 Å². The van der Waals surface area contributed by atoms with E-state index >= 15 is 0 Å². The van der Waals surface area contributed by atoms with E-state index in [2.05, 4.69) is 29.5 Å².